The molecule has 0 aliphatic heterocycles. The molecule has 0 saturated heterocycles. The molecular formula is C15H19N3O3. The van der Waals surface area contributed by atoms with Gasteiger partial charge in [-0.25, -0.2) is 0 Å². The highest BCUT2D eigenvalue weighted by Gasteiger charge is 2.07. The van der Waals surface area contributed by atoms with Crippen LogP contribution in [-0.2, 0) is 6.54 Å². The van der Waals surface area contributed by atoms with Crippen LogP contribution in [0.2, 0.25) is 0 Å². The maximum absolute atomic E-state index is 5.74. The summed E-state index contributed by atoms with van der Waals surface area (Å²) in [7, 11) is 4.79. The van der Waals surface area contributed by atoms with E-state index in [-0.39, 0.29) is 0 Å². The first kappa shape index (κ1) is 14.8. The van der Waals surface area contributed by atoms with Crippen molar-refractivity contribution in [1.29, 1.82) is 0 Å². The van der Waals surface area contributed by atoms with Gasteiger partial charge >= 0.3 is 0 Å². The minimum atomic E-state index is 0.404. The van der Waals surface area contributed by atoms with Crippen LogP contribution in [0.4, 0.5) is 11.5 Å². The Balaban J connectivity index is 2.12. The van der Waals surface area contributed by atoms with Crippen molar-refractivity contribution in [2.75, 3.05) is 32.4 Å². The fraction of sp³-hybridized carbons (Fsp3) is 0.267. The summed E-state index contributed by atoms with van der Waals surface area (Å²) in [4.78, 5) is 4.27. The van der Waals surface area contributed by atoms with Gasteiger partial charge < -0.3 is 25.3 Å². The first-order valence-corrected chi connectivity index (χ1v) is 6.43. The second-order valence-electron chi connectivity index (χ2n) is 4.33. The highest BCUT2D eigenvalue weighted by atomic mass is 16.5. The van der Waals surface area contributed by atoms with Crippen molar-refractivity contribution < 1.29 is 14.2 Å². The number of hydrogen-bond donors (Lipinski definition) is 2. The zero-order valence-electron chi connectivity index (χ0n) is 12.3. The van der Waals surface area contributed by atoms with Crippen LogP contribution >= 0.6 is 0 Å². The molecule has 0 amide bonds. The molecule has 2 aromatic rings. The SMILES string of the molecule is COc1ccc(CNc2ccc(N)c(OC)n2)c(OC)c1. The van der Waals surface area contributed by atoms with Crippen LogP contribution in [0.25, 0.3) is 0 Å². The standard InChI is InChI=1S/C15H19N3O3/c1-19-11-5-4-10(13(8-11)20-2)9-17-14-7-6-12(16)15(18-14)21-3/h4-8H,9,16H2,1-3H3,(H,17,18). The maximum atomic E-state index is 5.74. The zero-order valence-corrected chi connectivity index (χ0v) is 12.3. The molecule has 0 spiro atoms. The van der Waals surface area contributed by atoms with Crippen molar-refractivity contribution in [3.63, 3.8) is 0 Å². The second kappa shape index (κ2) is 6.69. The highest BCUT2D eigenvalue weighted by Crippen LogP contribution is 2.26. The normalized spacial score (nSPS) is 10.0. The number of nitrogens with zero attached hydrogens (tertiary/aromatic N) is 1. The number of methoxy groups -OCH3 is 3. The molecule has 6 nitrogen and oxygen atoms in total. The number of anilines is 2. The van der Waals surface area contributed by atoms with Crippen molar-refractivity contribution in [2.24, 2.45) is 0 Å². The third-order valence-electron chi connectivity index (χ3n) is 3.04. The van der Waals surface area contributed by atoms with E-state index in [0.717, 1.165) is 17.1 Å². The smallest absolute Gasteiger partial charge is 0.238 e. The van der Waals surface area contributed by atoms with Crippen LogP contribution in [0.3, 0.4) is 0 Å². The Morgan fingerprint density at radius 3 is 2.52 bits per heavy atom. The van der Waals surface area contributed by atoms with E-state index in [4.69, 9.17) is 19.9 Å². The van der Waals surface area contributed by atoms with Gasteiger partial charge in [0.2, 0.25) is 5.88 Å². The fourth-order valence-corrected chi connectivity index (χ4v) is 1.90. The van der Waals surface area contributed by atoms with E-state index < -0.39 is 0 Å². The van der Waals surface area contributed by atoms with Gasteiger partial charge in [-0.05, 0) is 24.3 Å². The Morgan fingerprint density at radius 1 is 1.05 bits per heavy atom. The molecule has 0 unspecified atom stereocenters. The van der Waals surface area contributed by atoms with Gasteiger partial charge in [-0.2, -0.15) is 4.98 Å². The van der Waals surface area contributed by atoms with E-state index in [2.05, 4.69) is 10.3 Å². The molecule has 0 fully saturated rings. The number of aromatic nitrogens is 1. The van der Waals surface area contributed by atoms with Crippen molar-refractivity contribution in [2.45, 2.75) is 6.54 Å². The van der Waals surface area contributed by atoms with Gasteiger partial charge in [0.25, 0.3) is 0 Å². The largest absolute Gasteiger partial charge is 0.497 e. The van der Waals surface area contributed by atoms with Crippen LogP contribution < -0.4 is 25.3 Å². The molecular weight excluding hydrogens is 270 g/mol. The summed E-state index contributed by atoms with van der Waals surface area (Å²) >= 11 is 0. The molecule has 112 valence electrons. The Kier molecular flexibility index (Phi) is 4.71. The summed E-state index contributed by atoms with van der Waals surface area (Å²) in [6, 6.07) is 9.22. The van der Waals surface area contributed by atoms with Gasteiger partial charge in [0.15, 0.2) is 0 Å². The van der Waals surface area contributed by atoms with Gasteiger partial charge in [0.1, 0.15) is 17.3 Å². The first-order valence-electron chi connectivity index (χ1n) is 6.43. The first-order chi connectivity index (χ1) is 10.2. The number of rotatable bonds is 6. The summed E-state index contributed by atoms with van der Waals surface area (Å²) in [5.74, 6) is 2.59. The summed E-state index contributed by atoms with van der Waals surface area (Å²) in [6.45, 7) is 0.563. The summed E-state index contributed by atoms with van der Waals surface area (Å²) < 4.78 is 15.6. The molecule has 6 heteroatoms. The molecule has 3 N–H and O–H groups in total. The Labute approximate surface area is 123 Å². The zero-order chi connectivity index (χ0) is 15.2. The molecule has 0 aliphatic rings. The van der Waals surface area contributed by atoms with Gasteiger partial charge in [-0.1, -0.05) is 0 Å². The lowest BCUT2D eigenvalue weighted by atomic mass is 10.2. The predicted octanol–water partition coefficient (Wildman–Crippen LogP) is 2.30. The fourth-order valence-electron chi connectivity index (χ4n) is 1.90. The summed E-state index contributed by atoms with van der Waals surface area (Å²) in [5, 5.41) is 3.21. The molecule has 0 bridgehead atoms. The lowest BCUT2D eigenvalue weighted by molar-refractivity contribution is 0.391. The van der Waals surface area contributed by atoms with E-state index in [0.29, 0.717) is 23.9 Å². The van der Waals surface area contributed by atoms with Crippen LogP contribution in [0.15, 0.2) is 30.3 Å². The number of hydrogen-bond acceptors (Lipinski definition) is 6. The number of pyridine rings is 1. The van der Waals surface area contributed by atoms with Crippen LogP contribution in [0.1, 0.15) is 5.56 Å². The van der Waals surface area contributed by atoms with Gasteiger partial charge in [0, 0.05) is 18.2 Å². The number of benzene rings is 1. The molecule has 1 aromatic heterocycles. The van der Waals surface area contributed by atoms with Gasteiger partial charge in [0.05, 0.1) is 27.0 Å². The van der Waals surface area contributed by atoms with Crippen LogP contribution in [0, 0.1) is 0 Å². The Hall–Kier alpha value is -2.63. The number of ether oxygens (including phenoxy) is 3. The number of nitrogens with two attached hydrogens (primary N) is 1. The van der Waals surface area contributed by atoms with E-state index in [1.807, 2.05) is 18.2 Å². The minimum Gasteiger partial charge on any atom is -0.497 e. The van der Waals surface area contributed by atoms with Gasteiger partial charge in [-0.3, -0.25) is 0 Å². The molecule has 2 rings (SSSR count). The van der Waals surface area contributed by atoms with Crippen molar-refractivity contribution >= 4 is 11.5 Å². The molecule has 1 heterocycles. The predicted molar refractivity (Wildman–Crippen MR) is 82.1 cm³/mol. The van der Waals surface area contributed by atoms with Crippen molar-refractivity contribution in [3.8, 4) is 17.4 Å². The monoisotopic (exact) mass is 289 g/mol. The van der Waals surface area contributed by atoms with Gasteiger partial charge in [-0.15, -0.1) is 0 Å². The average molecular weight is 289 g/mol. The summed E-state index contributed by atoms with van der Waals surface area (Å²) in [6.07, 6.45) is 0. The van der Waals surface area contributed by atoms with Crippen LogP contribution in [-0.4, -0.2) is 26.3 Å². The lowest BCUT2D eigenvalue weighted by Gasteiger charge is -2.12. The molecule has 0 atom stereocenters. The van der Waals surface area contributed by atoms with E-state index >= 15 is 0 Å². The molecule has 0 radical (unpaired) electrons. The molecule has 21 heavy (non-hydrogen) atoms. The molecule has 0 aliphatic carbocycles. The number of nitrogen functional groups attached to an aromatic ring is 1. The third kappa shape index (κ3) is 3.47. The Bertz CT molecular complexity index is 617. The van der Waals surface area contributed by atoms with E-state index in [1.54, 1.807) is 26.4 Å². The topological polar surface area (TPSA) is 78.6 Å². The number of nitrogens with one attached hydrogen (secondary N) is 1. The van der Waals surface area contributed by atoms with E-state index in [1.165, 1.54) is 7.11 Å². The second-order valence-corrected chi connectivity index (χ2v) is 4.33. The average Bonchev–Trinajstić information content (AvgIpc) is 2.53. The minimum absolute atomic E-state index is 0.404. The molecule has 0 saturated carbocycles. The van der Waals surface area contributed by atoms with Crippen LogP contribution in [0.5, 0.6) is 17.4 Å². The Morgan fingerprint density at radius 2 is 1.86 bits per heavy atom. The maximum Gasteiger partial charge on any atom is 0.238 e. The third-order valence-corrected chi connectivity index (χ3v) is 3.04. The summed E-state index contributed by atoms with van der Waals surface area (Å²) in [5.41, 5.74) is 7.24. The molecule has 1 aromatic carbocycles. The van der Waals surface area contributed by atoms with Crippen molar-refractivity contribution in [3.05, 3.63) is 35.9 Å². The quantitative estimate of drug-likeness (QED) is 0.849. The highest BCUT2D eigenvalue weighted by molar-refractivity contribution is 5.54. The lowest BCUT2D eigenvalue weighted by Crippen LogP contribution is -2.05. The van der Waals surface area contributed by atoms with E-state index in [9.17, 15) is 0 Å². The van der Waals surface area contributed by atoms with Crippen molar-refractivity contribution in [1.82, 2.24) is 4.98 Å².